The number of rotatable bonds is 3. The van der Waals surface area contributed by atoms with E-state index < -0.39 is 0 Å². The average Bonchev–Trinajstić information content (AvgIpc) is 2.30. The Kier molecular flexibility index (Phi) is 3.85. The summed E-state index contributed by atoms with van der Waals surface area (Å²) in [6.45, 7) is 8.89. The van der Waals surface area contributed by atoms with Crippen LogP contribution in [0.2, 0.25) is 0 Å². The monoisotopic (exact) mass is 221 g/mol. The van der Waals surface area contributed by atoms with Crippen molar-refractivity contribution in [1.29, 1.82) is 0 Å². The van der Waals surface area contributed by atoms with E-state index in [9.17, 15) is 0 Å². The van der Waals surface area contributed by atoms with E-state index in [1.807, 2.05) is 0 Å². The van der Waals surface area contributed by atoms with Crippen LogP contribution in [0.4, 0.5) is 0 Å². The molecule has 16 heavy (non-hydrogen) atoms. The molecule has 0 atom stereocenters. The lowest BCUT2D eigenvalue weighted by molar-refractivity contribution is 0.0336. The SMILES string of the molecule is CC(C)c1cc(CN2CCOCC2)ncn1. The molecule has 0 unspecified atom stereocenters. The summed E-state index contributed by atoms with van der Waals surface area (Å²) in [6, 6.07) is 2.11. The van der Waals surface area contributed by atoms with Gasteiger partial charge < -0.3 is 4.74 Å². The highest BCUT2D eigenvalue weighted by molar-refractivity contribution is 5.11. The Balaban J connectivity index is 2.00. The molecule has 1 aromatic rings. The Hall–Kier alpha value is -1.00. The Labute approximate surface area is 96.7 Å². The molecular weight excluding hydrogens is 202 g/mol. The third-order valence-corrected chi connectivity index (χ3v) is 2.83. The van der Waals surface area contributed by atoms with Crippen LogP contribution in [0.15, 0.2) is 12.4 Å². The molecule has 4 heteroatoms. The van der Waals surface area contributed by atoms with E-state index in [0.29, 0.717) is 5.92 Å². The van der Waals surface area contributed by atoms with Gasteiger partial charge in [0.25, 0.3) is 0 Å². The molecule has 1 aromatic heterocycles. The first-order chi connectivity index (χ1) is 7.75. The molecule has 1 saturated heterocycles. The van der Waals surface area contributed by atoms with Gasteiger partial charge in [-0.1, -0.05) is 13.8 Å². The summed E-state index contributed by atoms with van der Waals surface area (Å²) in [5.41, 5.74) is 2.24. The fourth-order valence-electron chi connectivity index (χ4n) is 1.81. The zero-order valence-corrected chi connectivity index (χ0v) is 10.0. The van der Waals surface area contributed by atoms with Gasteiger partial charge in [-0.2, -0.15) is 0 Å². The third-order valence-electron chi connectivity index (χ3n) is 2.83. The third kappa shape index (κ3) is 3.00. The predicted molar refractivity (Wildman–Crippen MR) is 62.2 cm³/mol. The molecule has 0 saturated carbocycles. The minimum absolute atomic E-state index is 0.464. The maximum absolute atomic E-state index is 5.32. The number of hydrogen-bond donors (Lipinski definition) is 0. The number of aromatic nitrogens is 2. The van der Waals surface area contributed by atoms with Crippen LogP contribution in [0.3, 0.4) is 0 Å². The lowest BCUT2D eigenvalue weighted by atomic mass is 10.1. The summed E-state index contributed by atoms with van der Waals surface area (Å²) in [5.74, 6) is 0.464. The lowest BCUT2D eigenvalue weighted by Gasteiger charge is -2.26. The maximum atomic E-state index is 5.32. The summed E-state index contributed by atoms with van der Waals surface area (Å²) in [4.78, 5) is 11.0. The molecule has 0 aromatic carbocycles. The second kappa shape index (κ2) is 5.37. The molecule has 4 nitrogen and oxygen atoms in total. The molecule has 0 radical (unpaired) electrons. The largest absolute Gasteiger partial charge is 0.379 e. The molecule has 0 amide bonds. The molecule has 0 aliphatic carbocycles. The van der Waals surface area contributed by atoms with Crippen molar-refractivity contribution < 1.29 is 4.74 Å². The number of ether oxygens (including phenoxy) is 1. The highest BCUT2D eigenvalue weighted by Gasteiger charge is 2.12. The molecule has 1 aliphatic rings. The van der Waals surface area contributed by atoms with Crippen molar-refractivity contribution in [3.05, 3.63) is 23.8 Å². The quantitative estimate of drug-likeness (QED) is 0.774. The van der Waals surface area contributed by atoms with Crippen LogP contribution >= 0.6 is 0 Å². The van der Waals surface area contributed by atoms with Crippen molar-refractivity contribution in [2.75, 3.05) is 26.3 Å². The first kappa shape index (κ1) is 11.5. The normalized spacial score (nSPS) is 17.9. The van der Waals surface area contributed by atoms with Crippen molar-refractivity contribution in [2.45, 2.75) is 26.3 Å². The second-order valence-electron chi connectivity index (χ2n) is 4.48. The number of morpholine rings is 1. The fourth-order valence-corrected chi connectivity index (χ4v) is 1.81. The van der Waals surface area contributed by atoms with Gasteiger partial charge in [-0.05, 0) is 12.0 Å². The minimum Gasteiger partial charge on any atom is -0.379 e. The predicted octanol–water partition coefficient (Wildman–Crippen LogP) is 1.43. The van der Waals surface area contributed by atoms with Crippen LogP contribution in [0.25, 0.3) is 0 Å². The van der Waals surface area contributed by atoms with Gasteiger partial charge >= 0.3 is 0 Å². The zero-order valence-electron chi connectivity index (χ0n) is 10.0. The van der Waals surface area contributed by atoms with Gasteiger partial charge in [0.15, 0.2) is 0 Å². The molecule has 0 bridgehead atoms. The molecule has 88 valence electrons. The first-order valence-electron chi connectivity index (χ1n) is 5.86. The fraction of sp³-hybridized carbons (Fsp3) is 0.667. The van der Waals surface area contributed by atoms with Gasteiger partial charge in [0.05, 0.1) is 18.9 Å². The average molecular weight is 221 g/mol. The van der Waals surface area contributed by atoms with Gasteiger partial charge in [0, 0.05) is 25.3 Å². The van der Waals surface area contributed by atoms with Crippen molar-refractivity contribution >= 4 is 0 Å². The summed E-state index contributed by atoms with van der Waals surface area (Å²) >= 11 is 0. The van der Waals surface area contributed by atoms with Crippen LogP contribution in [0, 0.1) is 0 Å². The minimum atomic E-state index is 0.464. The van der Waals surface area contributed by atoms with Gasteiger partial charge in [0.2, 0.25) is 0 Å². The number of nitrogens with zero attached hydrogens (tertiary/aromatic N) is 3. The molecule has 0 spiro atoms. The van der Waals surface area contributed by atoms with Crippen molar-refractivity contribution in [3.8, 4) is 0 Å². The van der Waals surface area contributed by atoms with Crippen LogP contribution in [0.5, 0.6) is 0 Å². The highest BCUT2D eigenvalue weighted by Crippen LogP contribution is 2.12. The smallest absolute Gasteiger partial charge is 0.115 e. The molecule has 2 rings (SSSR count). The Morgan fingerprint density at radius 2 is 2.06 bits per heavy atom. The van der Waals surface area contributed by atoms with Gasteiger partial charge in [-0.15, -0.1) is 0 Å². The molecule has 1 fully saturated rings. The molecular formula is C12H19N3O. The van der Waals surface area contributed by atoms with Gasteiger partial charge in [-0.3, -0.25) is 4.90 Å². The summed E-state index contributed by atoms with van der Waals surface area (Å²) < 4.78 is 5.32. The van der Waals surface area contributed by atoms with Crippen LogP contribution in [-0.4, -0.2) is 41.2 Å². The van der Waals surface area contributed by atoms with E-state index >= 15 is 0 Å². The Bertz CT molecular complexity index is 335. The topological polar surface area (TPSA) is 38.2 Å². The van der Waals surface area contributed by atoms with E-state index in [1.165, 1.54) is 0 Å². The maximum Gasteiger partial charge on any atom is 0.115 e. The molecule has 1 aliphatic heterocycles. The van der Waals surface area contributed by atoms with E-state index in [2.05, 4.69) is 34.8 Å². The summed E-state index contributed by atoms with van der Waals surface area (Å²) in [5, 5.41) is 0. The Morgan fingerprint density at radius 1 is 1.31 bits per heavy atom. The standard InChI is InChI=1S/C12H19N3O/c1-10(2)12-7-11(13-9-14-12)8-15-3-5-16-6-4-15/h7,9-10H,3-6,8H2,1-2H3. The van der Waals surface area contributed by atoms with Gasteiger partial charge in [-0.25, -0.2) is 9.97 Å². The van der Waals surface area contributed by atoms with Crippen LogP contribution in [0.1, 0.15) is 31.2 Å². The van der Waals surface area contributed by atoms with Crippen molar-refractivity contribution in [3.63, 3.8) is 0 Å². The van der Waals surface area contributed by atoms with Gasteiger partial charge in [0.1, 0.15) is 6.33 Å². The second-order valence-corrected chi connectivity index (χ2v) is 4.48. The number of hydrogen-bond acceptors (Lipinski definition) is 4. The zero-order chi connectivity index (χ0) is 11.4. The summed E-state index contributed by atoms with van der Waals surface area (Å²) in [6.07, 6.45) is 1.67. The Morgan fingerprint density at radius 3 is 2.75 bits per heavy atom. The van der Waals surface area contributed by atoms with E-state index in [0.717, 1.165) is 44.2 Å². The van der Waals surface area contributed by atoms with E-state index in [1.54, 1.807) is 6.33 Å². The summed E-state index contributed by atoms with van der Waals surface area (Å²) in [7, 11) is 0. The molecule has 0 N–H and O–H groups in total. The first-order valence-corrected chi connectivity index (χ1v) is 5.86. The van der Waals surface area contributed by atoms with E-state index in [4.69, 9.17) is 4.74 Å². The van der Waals surface area contributed by atoms with Crippen LogP contribution < -0.4 is 0 Å². The highest BCUT2D eigenvalue weighted by atomic mass is 16.5. The van der Waals surface area contributed by atoms with Crippen molar-refractivity contribution in [1.82, 2.24) is 14.9 Å². The molecule has 2 heterocycles. The van der Waals surface area contributed by atoms with Crippen molar-refractivity contribution in [2.24, 2.45) is 0 Å². The van der Waals surface area contributed by atoms with E-state index in [-0.39, 0.29) is 0 Å². The van der Waals surface area contributed by atoms with Crippen LogP contribution in [-0.2, 0) is 11.3 Å². The lowest BCUT2D eigenvalue weighted by Crippen LogP contribution is -2.35.